The highest BCUT2D eigenvalue weighted by molar-refractivity contribution is 6.41. The summed E-state index contributed by atoms with van der Waals surface area (Å²) in [5, 5.41) is 70.8. The van der Waals surface area contributed by atoms with Crippen LogP contribution in [-0.2, 0) is 14.0 Å². The topological polar surface area (TPSA) is 158 Å². The summed E-state index contributed by atoms with van der Waals surface area (Å²) in [5.41, 5.74) is 0. The van der Waals surface area contributed by atoms with Gasteiger partial charge in [-0.25, -0.2) is 0 Å². The molecule has 0 radical (unpaired) electrons. The van der Waals surface area contributed by atoms with Crippen LogP contribution in [0.5, 0.6) is 0 Å². The van der Waals surface area contributed by atoms with Crippen LogP contribution in [0, 0.1) is 0 Å². The molecule has 6 atom stereocenters. The third-order valence-electron chi connectivity index (χ3n) is 8.33. The van der Waals surface area contributed by atoms with Crippen LogP contribution < -0.4 is 15.1 Å². The lowest BCUT2D eigenvalue weighted by Gasteiger charge is -2.50. The van der Waals surface area contributed by atoms with E-state index in [9.17, 15) is 30.4 Å². The Labute approximate surface area is 257 Å². The Kier molecular flexibility index (Phi) is 23.8. The van der Waals surface area contributed by atoms with Gasteiger partial charge in [0.1, 0.15) is 18.3 Å². The first-order valence-corrected chi connectivity index (χ1v) is 17.2. The fourth-order valence-corrected chi connectivity index (χ4v) is 5.64. The van der Waals surface area contributed by atoms with Crippen molar-refractivity contribution in [2.24, 2.45) is 0 Å². The molecule has 0 bridgehead atoms. The SMILES string of the molecule is CCCCCCCCB([O-])OC1[C@@H](OB([O-])CCCCCCCC)[C@@H](O)C(O)[C@H](O)[C@H]1OB([O-])CCCCCCCC. The molecule has 0 amide bonds. The molecule has 1 aliphatic rings. The number of rotatable bonds is 27. The van der Waals surface area contributed by atoms with E-state index in [4.69, 9.17) is 14.0 Å². The minimum Gasteiger partial charge on any atom is -0.856 e. The van der Waals surface area contributed by atoms with Crippen LogP contribution in [0.3, 0.4) is 0 Å². The molecule has 1 fully saturated rings. The largest absolute Gasteiger partial charge is 0.856 e. The molecule has 246 valence electrons. The Hall–Kier alpha value is -0.165. The van der Waals surface area contributed by atoms with Gasteiger partial charge in [-0.05, 0) is 0 Å². The van der Waals surface area contributed by atoms with Crippen molar-refractivity contribution >= 4 is 21.4 Å². The highest BCUT2D eigenvalue weighted by Crippen LogP contribution is 2.30. The quantitative estimate of drug-likeness (QED) is 0.0957. The van der Waals surface area contributed by atoms with Gasteiger partial charge in [-0.15, -0.1) is 0 Å². The highest BCUT2D eigenvalue weighted by Gasteiger charge is 2.51. The van der Waals surface area contributed by atoms with E-state index in [-0.39, 0.29) is 19.0 Å². The van der Waals surface area contributed by atoms with Gasteiger partial charge in [0.25, 0.3) is 0 Å². The summed E-state index contributed by atoms with van der Waals surface area (Å²) in [6, 6.07) is 0. The number of aliphatic hydroxyl groups excluding tert-OH is 3. The Morgan fingerprint density at radius 3 is 0.976 bits per heavy atom. The van der Waals surface area contributed by atoms with Gasteiger partial charge in [-0.2, -0.15) is 0 Å². The minimum absolute atomic E-state index is 0.201. The van der Waals surface area contributed by atoms with Crippen LogP contribution in [0.1, 0.15) is 136 Å². The first kappa shape index (κ1) is 39.9. The fourth-order valence-electron chi connectivity index (χ4n) is 5.64. The molecule has 1 rings (SSSR count). The van der Waals surface area contributed by atoms with Gasteiger partial charge in [-0.3, -0.25) is 0 Å². The molecule has 1 saturated carbocycles. The smallest absolute Gasteiger partial charge is 0.183 e. The molecule has 0 aromatic heterocycles. The molecule has 2 unspecified atom stereocenters. The summed E-state index contributed by atoms with van der Waals surface area (Å²) in [6.07, 6.45) is 9.27. The second-order valence-corrected chi connectivity index (χ2v) is 12.2. The molecule has 9 nitrogen and oxygen atoms in total. The van der Waals surface area contributed by atoms with Crippen LogP contribution in [0.2, 0.25) is 19.0 Å². The summed E-state index contributed by atoms with van der Waals surface area (Å²) >= 11 is 0. The Morgan fingerprint density at radius 2 is 0.667 bits per heavy atom. The maximum atomic E-state index is 12.9. The zero-order valence-electron chi connectivity index (χ0n) is 26.8. The number of hydrogen-bond acceptors (Lipinski definition) is 9. The maximum Gasteiger partial charge on any atom is 0.183 e. The zero-order valence-corrected chi connectivity index (χ0v) is 26.8. The van der Waals surface area contributed by atoms with E-state index in [1.807, 2.05) is 0 Å². The molecular weight excluding hydrogens is 537 g/mol. The van der Waals surface area contributed by atoms with Crippen LogP contribution in [0.15, 0.2) is 0 Å². The van der Waals surface area contributed by atoms with E-state index in [1.54, 1.807) is 0 Å². The lowest BCUT2D eigenvalue weighted by molar-refractivity contribution is -0.284. The first-order valence-electron chi connectivity index (χ1n) is 17.2. The summed E-state index contributed by atoms with van der Waals surface area (Å²) in [5.74, 6) is 0. The zero-order chi connectivity index (χ0) is 31.2. The average Bonchev–Trinajstić information content (AvgIpc) is 2.97. The van der Waals surface area contributed by atoms with Crippen LogP contribution in [0.4, 0.5) is 0 Å². The maximum absolute atomic E-state index is 12.9. The third-order valence-corrected chi connectivity index (χ3v) is 8.33. The third kappa shape index (κ3) is 16.8. The lowest BCUT2D eigenvalue weighted by Crippen LogP contribution is -2.69. The summed E-state index contributed by atoms with van der Waals surface area (Å²) in [4.78, 5) is 0. The Balaban J connectivity index is 2.86. The summed E-state index contributed by atoms with van der Waals surface area (Å²) < 4.78 is 17.1. The van der Waals surface area contributed by atoms with Crippen molar-refractivity contribution in [1.82, 2.24) is 0 Å². The number of hydrogen-bond donors (Lipinski definition) is 3. The Morgan fingerprint density at radius 1 is 0.405 bits per heavy atom. The molecular formula is C30H60B3O9-3. The van der Waals surface area contributed by atoms with Gasteiger partial charge in [0, 0.05) is 0 Å². The van der Waals surface area contributed by atoms with Crippen LogP contribution in [-0.4, -0.2) is 73.3 Å². The van der Waals surface area contributed by atoms with Crippen LogP contribution >= 0.6 is 0 Å². The van der Waals surface area contributed by atoms with Crippen molar-refractivity contribution in [1.29, 1.82) is 0 Å². The van der Waals surface area contributed by atoms with Gasteiger partial charge >= 0.3 is 0 Å². The van der Waals surface area contributed by atoms with Gasteiger partial charge in [0.15, 0.2) is 21.4 Å². The predicted octanol–water partition coefficient (Wildman–Crippen LogP) is 2.87. The molecule has 1 aliphatic carbocycles. The van der Waals surface area contributed by atoms with E-state index >= 15 is 0 Å². The second-order valence-electron chi connectivity index (χ2n) is 12.2. The van der Waals surface area contributed by atoms with Crippen molar-refractivity contribution in [3.05, 3.63) is 0 Å². The second kappa shape index (κ2) is 25.1. The standard InChI is InChI=1S/C30H60B3O9/c1-4-7-10-13-16-19-22-31(37)40-28-26(35)25(34)27(36)29(41-32(38)23-20-17-14-11-8-5-2)30(28)42-33(39)24-21-18-15-12-9-6-3/h25-30,34-36H,4-24H2,1-3H3/q-3/t25?,26-,27-,28-,29+,30?/m0/s1. The minimum atomic E-state index is -1.72. The van der Waals surface area contributed by atoms with E-state index in [2.05, 4.69) is 20.8 Å². The molecule has 0 heterocycles. The summed E-state index contributed by atoms with van der Waals surface area (Å²) in [7, 11) is -4.54. The van der Waals surface area contributed by atoms with E-state index < -0.39 is 58.0 Å². The average molecular weight is 597 g/mol. The van der Waals surface area contributed by atoms with E-state index in [0.717, 1.165) is 96.3 Å². The van der Waals surface area contributed by atoms with E-state index in [0.29, 0.717) is 19.3 Å². The molecule has 12 heteroatoms. The van der Waals surface area contributed by atoms with Gasteiger partial charge in [0.2, 0.25) is 0 Å². The Bertz CT molecular complexity index is 587. The fraction of sp³-hybridized carbons (Fsp3) is 1.00. The normalized spacial score (nSPS) is 24.2. The van der Waals surface area contributed by atoms with Crippen molar-refractivity contribution in [3.63, 3.8) is 0 Å². The molecule has 0 saturated heterocycles. The van der Waals surface area contributed by atoms with Gasteiger partial charge < -0.3 is 44.4 Å². The van der Waals surface area contributed by atoms with Gasteiger partial charge in [0.05, 0.1) is 18.3 Å². The summed E-state index contributed by atoms with van der Waals surface area (Å²) in [6.45, 7) is 6.42. The molecule has 0 spiro atoms. The van der Waals surface area contributed by atoms with Gasteiger partial charge in [-0.1, -0.05) is 155 Å². The van der Waals surface area contributed by atoms with Crippen molar-refractivity contribution in [2.45, 2.75) is 192 Å². The van der Waals surface area contributed by atoms with Crippen molar-refractivity contribution < 1.29 is 44.4 Å². The molecule has 42 heavy (non-hydrogen) atoms. The molecule has 0 aromatic rings. The predicted molar refractivity (Wildman–Crippen MR) is 164 cm³/mol. The monoisotopic (exact) mass is 597 g/mol. The first-order chi connectivity index (χ1) is 20.3. The lowest BCUT2D eigenvalue weighted by atomic mass is 9.75. The number of aliphatic hydroxyl groups is 3. The van der Waals surface area contributed by atoms with Crippen molar-refractivity contribution in [2.75, 3.05) is 0 Å². The number of unbranched alkanes of at least 4 members (excludes halogenated alkanes) is 15. The molecule has 0 aromatic carbocycles. The van der Waals surface area contributed by atoms with Crippen molar-refractivity contribution in [3.8, 4) is 0 Å². The van der Waals surface area contributed by atoms with E-state index in [1.165, 1.54) is 0 Å². The van der Waals surface area contributed by atoms with Crippen LogP contribution in [0.25, 0.3) is 0 Å². The molecule has 3 N–H and O–H groups in total. The highest BCUT2D eigenvalue weighted by atomic mass is 16.6. The molecule has 0 aliphatic heterocycles.